The number of hydrogen-bond acceptors (Lipinski definition) is 1. The van der Waals surface area contributed by atoms with E-state index in [1.54, 1.807) is 0 Å². The van der Waals surface area contributed by atoms with Crippen LogP contribution in [-0.4, -0.2) is 0 Å². The van der Waals surface area contributed by atoms with E-state index >= 15 is 0 Å². The maximum Gasteiger partial charge on any atom is 0.0328 e. The van der Waals surface area contributed by atoms with Crippen molar-refractivity contribution >= 4 is 0 Å². The minimum absolute atomic E-state index is 0.262. The lowest BCUT2D eigenvalue weighted by Gasteiger charge is -2.23. The van der Waals surface area contributed by atoms with Crippen LogP contribution in [0.15, 0.2) is 0 Å². The molecule has 1 atom stereocenters. The van der Waals surface area contributed by atoms with Crippen LogP contribution in [0, 0.1) is 40.5 Å². The molecular weight excluding hydrogens is 194 g/mol. The van der Waals surface area contributed by atoms with Crippen LogP contribution in [0.5, 0.6) is 0 Å². The first-order valence-corrected chi connectivity index (χ1v) is 6.27. The molecule has 16 heavy (non-hydrogen) atoms. The maximum absolute atomic E-state index is 6.39. The number of hydrogen-bond donors (Lipinski definition) is 1. The molecule has 1 aliphatic carbocycles. The summed E-state index contributed by atoms with van der Waals surface area (Å²) in [6.45, 7) is 11.1. The van der Waals surface area contributed by atoms with Crippen molar-refractivity contribution in [2.75, 3.05) is 0 Å². The fourth-order valence-electron chi connectivity index (χ4n) is 2.72. The van der Waals surface area contributed by atoms with E-state index in [-0.39, 0.29) is 6.04 Å². The Morgan fingerprint density at radius 2 is 1.19 bits per heavy atom. The van der Waals surface area contributed by atoms with Gasteiger partial charge in [-0.1, -0.05) is 0 Å². The topological polar surface area (TPSA) is 26.0 Å². The van der Waals surface area contributed by atoms with Gasteiger partial charge in [0.05, 0.1) is 0 Å². The van der Waals surface area contributed by atoms with Gasteiger partial charge in [-0.2, -0.15) is 0 Å². The molecule has 1 saturated carbocycles. The number of rotatable bonds is 2. The highest BCUT2D eigenvalue weighted by atomic mass is 14.7. The molecule has 0 saturated heterocycles. The van der Waals surface area contributed by atoms with Crippen molar-refractivity contribution in [1.82, 2.24) is 0 Å². The second-order valence-corrected chi connectivity index (χ2v) is 5.40. The molecule has 2 rings (SSSR count). The van der Waals surface area contributed by atoms with E-state index in [0.717, 1.165) is 5.92 Å². The third kappa shape index (κ3) is 1.67. The third-order valence-corrected chi connectivity index (χ3v) is 4.52. The summed E-state index contributed by atoms with van der Waals surface area (Å²) in [7, 11) is 0. The summed E-state index contributed by atoms with van der Waals surface area (Å²) in [4.78, 5) is 0. The smallest absolute Gasteiger partial charge is 0.0328 e. The average Bonchev–Trinajstić information content (AvgIpc) is 3.07. The van der Waals surface area contributed by atoms with Crippen molar-refractivity contribution in [2.24, 2.45) is 11.7 Å². The van der Waals surface area contributed by atoms with Gasteiger partial charge in [-0.15, -0.1) is 0 Å². The normalized spacial score (nSPS) is 17.6. The van der Waals surface area contributed by atoms with Gasteiger partial charge in [0.1, 0.15) is 0 Å². The van der Waals surface area contributed by atoms with E-state index < -0.39 is 0 Å². The molecule has 0 amide bonds. The van der Waals surface area contributed by atoms with Crippen molar-refractivity contribution in [2.45, 2.75) is 53.5 Å². The zero-order chi connectivity index (χ0) is 12.0. The lowest BCUT2D eigenvalue weighted by molar-refractivity contribution is 0.624. The first-order valence-electron chi connectivity index (χ1n) is 6.27. The molecule has 0 heterocycles. The Hall–Kier alpha value is -0.820. The van der Waals surface area contributed by atoms with Crippen LogP contribution in [0.2, 0.25) is 0 Å². The summed E-state index contributed by atoms with van der Waals surface area (Å²) in [5, 5.41) is 0. The van der Waals surface area contributed by atoms with E-state index in [1.807, 2.05) is 0 Å². The van der Waals surface area contributed by atoms with Gasteiger partial charge >= 0.3 is 0 Å². The molecule has 88 valence electrons. The molecule has 0 aliphatic heterocycles. The highest BCUT2D eigenvalue weighted by molar-refractivity contribution is 5.51. The van der Waals surface area contributed by atoms with Crippen LogP contribution in [0.1, 0.15) is 52.3 Å². The predicted octanol–water partition coefficient (Wildman–Crippen LogP) is 3.64. The third-order valence-electron chi connectivity index (χ3n) is 4.52. The van der Waals surface area contributed by atoms with Crippen molar-refractivity contribution in [1.29, 1.82) is 0 Å². The van der Waals surface area contributed by atoms with Crippen molar-refractivity contribution in [3.63, 3.8) is 0 Å². The number of nitrogens with two attached hydrogens (primary N) is 1. The minimum atomic E-state index is 0.262. The zero-order valence-corrected chi connectivity index (χ0v) is 11.1. The Labute approximate surface area is 99.0 Å². The van der Waals surface area contributed by atoms with Gasteiger partial charge in [-0.05, 0) is 86.8 Å². The molecule has 2 N–H and O–H groups in total. The van der Waals surface area contributed by atoms with Gasteiger partial charge in [0, 0.05) is 6.04 Å². The van der Waals surface area contributed by atoms with E-state index in [0.29, 0.717) is 0 Å². The molecule has 0 aromatic heterocycles. The number of benzene rings is 1. The molecule has 1 nitrogen and oxygen atoms in total. The van der Waals surface area contributed by atoms with Crippen LogP contribution >= 0.6 is 0 Å². The second-order valence-electron chi connectivity index (χ2n) is 5.40. The molecule has 0 bridgehead atoms. The first kappa shape index (κ1) is 11.7. The Bertz CT molecular complexity index is 399. The minimum Gasteiger partial charge on any atom is -0.324 e. The summed E-state index contributed by atoms with van der Waals surface area (Å²) < 4.78 is 0. The predicted molar refractivity (Wildman–Crippen MR) is 69.8 cm³/mol. The lowest BCUT2D eigenvalue weighted by atomic mass is 9.85. The molecular formula is C15H23N. The fourth-order valence-corrected chi connectivity index (χ4v) is 2.72. The standard InChI is InChI=1S/C15H23N/c1-8-9(2)11(4)14(12(5)10(8)3)15(16)13-6-7-13/h13,15H,6-7,16H2,1-5H3. The van der Waals surface area contributed by atoms with Gasteiger partial charge in [0.15, 0.2) is 0 Å². The van der Waals surface area contributed by atoms with Gasteiger partial charge in [-0.25, -0.2) is 0 Å². The lowest BCUT2D eigenvalue weighted by Crippen LogP contribution is -2.17. The Balaban J connectivity index is 2.59. The van der Waals surface area contributed by atoms with Crippen LogP contribution in [0.25, 0.3) is 0 Å². The van der Waals surface area contributed by atoms with E-state index in [1.165, 1.54) is 46.2 Å². The van der Waals surface area contributed by atoms with Gasteiger partial charge < -0.3 is 5.73 Å². The van der Waals surface area contributed by atoms with Crippen molar-refractivity contribution in [3.8, 4) is 0 Å². The van der Waals surface area contributed by atoms with Crippen LogP contribution in [0.3, 0.4) is 0 Å². The molecule has 1 heteroatoms. The highest BCUT2D eigenvalue weighted by Crippen LogP contribution is 2.42. The van der Waals surface area contributed by atoms with E-state index in [2.05, 4.69) is 34.6 Å². The summed E-state index contributed by atoms with van der Waals surface area (Å²) in [6.07, 6.45) is 2.62. The zero-order valence-electron chi connectivity index (χ0n) is 11.1. The van der Waals surface area contributed by atoms with Crippen LogP contribution < -0.4 is 5.73 Å². The quantitative estimate of drug-likeness (QED) is 0.804. The summed E-state index contributed by atoms with van der Waals surface area (Å²) in [5.74, 6) is 0.735. The van der Waals surface area contributed by atoms with Gasteiger partial charge in [0.25, 0.3) is 0 Å². The molecule has 1 aliphatic rings. The molecule has 1 unspecified atom stereocenters. The molecule has 1 fully saturated rings. The van der Waals surface area contributed by atoms with Crippen molar-refractivity contribution in [3.05, 3.63) is 33.4 Å². The van der Waals surface area contributed by atoms with Gasteiger partial charge in [-0.3, -0.25) is 0 Å². The average molecular weight is 217 g/mol. The molecule has 1 aromatic rings. The van der Waals surface area contributed by atoms with Crippen LogP contribution in [0.4, 0.5) is 0 Å². The van der Waals surface area contributed by atoms with Crippen molar-refractivity contribution < 1.29 is 0 Å². The molecule has 1 aromatic carbocycles. The Morgan fingerprint density at radius 3 is 1.56 bits per heavy atom. The maximum atomic E-state index is 6.39. The first-order chi connectivity index (χ1) is 7.45. The summed E-state index contributed by atoms with van der Waals surface area (Å²) in [5.41, 5.74) is 14.9. The van der Waals surface area contributed by atoms with Crippen LogP contribution in [-0.2, 0) is 0 Å². The summed E-state index contributed by atoms with van der Waals surface area (Å²) >= 11 is 0. The van der Waals surface area contributed by atoms with E-state index in [9.17, 15) is 0 Å². The highest BCUT2D eigenvalue weighted by Gasteiger charge is 2.32. The fraction of sp³-hybridized carbons (Fsp3) is 0.600. The van der Waals surface area contributed by atoms with Gasteiger partial charge in [0.2, 0.25) is 0 Å². The Morgan fingerprint density at radius 1 is 0.812 bits per heavy atom. The molecule has 0 radical (unpaired) electrons. The monoisotopic (exact) mass is 217 g/mol. The van der Waals surface area contributed by atoms with E-state index in [4.69, 9.17) is 5.73 Å². The SMILES string of the molecule is Cc1c(C)c(C)c(C(N)C2CC2)c(C)c1C. The molecule has 0 spiro atoms. The second kappa shape index (κ2) is 3.89. The largest absolute Gasteiger partial charge is 0.324 e. The Kier molecular flexibility index (Phi) is 2.83. The summed E-state index contributed by atoms with van der Waals surface area (Å²) in [6, 6.07) is 0.262.